The van der Waals surface area contributed by atoms with Gasteiger partial charge in [0.05, 0.1) is 42.3 Å². The lowest BCUT2D eigenvalue weighted by Crippen LogP contribution is -2.81. The fourth-order valence-electron chi connectivity index (χ4n) is 9.83. The van der Waals surface area contributed by atoms with Gasteiger partial charge >= 0.3 is 24.0 Å². The average molecular weight is 838 g/mol. The lowest BCUT2D eigenvalue weighted by molar-refractivity contribution is -0.346. The van der Waals surface area contributed by atoms with Gasteiger partial charge in [-0.1, -0.05) is 62.4 Å². The summed E-state index contributed by atoms with van der Waals surface area (Å²) >= 11 is 0. The SMILES string of the molecule is CC(=O)O[C@@]12CO[C@@H]1C[C@H](O)[C@@]1(C)C(=O)[C@H](O)C3=C(C)[C@@H](OC(=O)[C@@](O)(CO)[C@@H](NC(=O)OC(C)(C)C)c4ccccc4)C[C@@](O)([C@@H](OC(=O)c4ccccc4)[C@H]21)C3(C)C. The Morgan fingerprint density at radius 3 is 2.10 bits per heavy atom. The number of hydrogen-bond acceptors (Lipinski definition) is 15. The molecule has 0 unspecified atom stereocenters. The van der Waals surface area contributed by atoms with Crippen molar-refractivity contribution in [3.05, 3.63) is 82.9 Å². The minimum Gasteiger partial charge on any atom is -0.455 e. The van der Waals surface area contributed by atoms with Gasteiger partial charge in [-0.15, -0.1) is 0 Å². The number of ether oxygens (including phenoxy) is 5. The van der Waals surface area contributed by atoms with E-state index in [1.54, 1.807) is 57.2 Å². The highest BCUT2D eigenvalue weighted by Crippen LogP contribution is 2.64. The summed E-state index contributed by atoms with van der Waals surface area (Å²) in [5, 5.41) is 62.9. The first-order chi connectivity index (χ1) is 27.9. The molecule has 3 fully saturated rings. The maximum atomic E-state index is 15.0. The van der Waals surface area contributed by atoms with Crippen molar-refractivity contribution in [2.45, 2.75) is 127 Å². The number of esters is 3. The number of carbonyl (C=O) groups excluding carboxylic acids is 5. The third-order valence-electron chi connectivity index (χ3n) is 13.0. The zero-order valence-corrected chi connectivity index (χ0v) is 35.0. The molecule has 0 aromatic heterocycles. The van der Waals surface area contributed by atoms with Crippen LogP contribution in [0.5, 0.6) is 0 Å². The standard InChI is InChI=1S/C44H55NO15/c1-23-27(57-37(52)42(54,21-46)33(25-15-11-9-12-16-25)45-38(53)60-39(3,4)5)20-44(55)35(58-36(51)26-17-13-10-14-18-26)32-41(8,34(50)31(49)30(23)40(44,6)7)28(48)19-29-43(32,22-56-29)59-24(2)47/h9-18,27-29,31-33,35,46,48-49,54-55H,19-22H2,1-8H3,(H,45,53)/t27-,28-,29+,31+,32-,33-,35-,41+,42+,43-,44+/m0/s1. The fourth-order valence-corrected chi connectivity index (χ4v) is 9.83. The van der Waals surface area contributed by atoms with Gasteiger partial charge in [0, 0.05) is 25.2 Å². The number of Topliss-reactive ketones (excluding diaryl/α,β-unsaturated/α-hetero) is 1. The molecule has 16 nitrogen and oxygen atoms in total. The predicted molar refractivity (Wildman–Crippen MR) is 210 cm³/mol. The van der Waals surface area contributed by atoms with Gasteiger partial charge in [-0.05, 0) is 63.5 Å². The summed E-state index contributed by atoms with van der Waals surface area (Å²) < 4.78 is 29.6. The Hall–Kier alpha value is -4.71. The highest BCUT2D eigenvalue weighted by atomic mass is 16.6. The van der Waals surface area contributed by atoms with Gasteiger partial charge in [-0.2, -0.15) is 0 Å². The molecule has 16 heteroatoms. The quantitative estimate of drug-likeness (QED) is 0.121. The number of aliphatic hydroxyl groups excluding tert-OH is 3. The minimum atomic E-state index is -2.91. The molecule has 1 amide bonds. The highest BCUT2D eigenvalue weighted by Gasteiger charge is 2.78. The summed E-state index contributed by atoms with van der Waals surface area (Å²) in [6.07, 6.45) is -9.98. The third-order valence-corrected chi connectivity index (χ3v) is 13.0. The van der Waals surface area contributed by atoms with Crippen molar-refractivity contribution >= 4 is 29.8 Å². The maximum absolute atomic E-state index is 15.0. The first kappa shape index (κ1) is 44.8. The number of benzene rings is 2. The minimum absolute atomic E-state index is 0.0523. The molecule has 2 aromatic rings. The summed E-state index contributed by atoms with van der Waals surface area (Å²) in [6, 6.07) is 13.9. The summed E-state index contributed by atoms with van der Waals surface area (Å²) in [4.78, 5) is 69.6. The lowest BCUT2D eigenvalue weighted by Gasteiger charge is -2.67. The van der Waals surface area contributed by atoms with E-state index >= 15 is 4.79 Å². The molecular weight excluding hydrogens is 782 g/mol. The predicted octanol–water partition coefficient (Wildman–Crippen LogP) is 2.62. The van der Waals surface area contributed by atoms with Gasteiger partial charge in [0.25, 0.3) is 0 Å². The van der Waals surface area contributed by atoms with Crippen LogP contribution in [0, 0.1) is 16.7 Å². The molecule has 1 saturated heterocycles. The van der Waals surface area contributed by atoms with Gasteiger partial charge in [0.15, 0.2) is 11.4 Å². The normalized spacial score (nSPS) is 33.5. The van der Waals surface area contributed by atoms with Crippen LogP contribution in [-0.2, 0) is 38.1 Å². The molecule has 4 aliphatic rings. The number of rotatable bonds is 9. The zero-order chi connectivity index (χ0) is 44.4. The monoisotopic (exact) mass is 837 g/mol. The van der Waals surface area contributed by atoms with Crippen LogP contribution in [0.1, 0.15) is 90.2 Å². The molecule has 2 saturated carbocycles. The Morgan fingerprint density at radius 2 is 1.57 bits per heavy atom. The topological polar surface area (TPSA) is 245 Å². The molecular formula is C44H55NO15. The summed E-state index contributed by atoms with van der Waals surface area (Å²) in [5.41, 5.74) is -11.7. The molecule has 1 aliphatic heterocycles. The molecule has 3 aliphatic carbocycles. The Labute approximate surface area is 347 Å². The second-order valence-electron chi connectivity index (χ2n) is 18.1. The van der Waals surface area contributed by atoms with Crippen LogP contribution < -0.4 is 5.32 Å². The van der Waals surface area contributed by atoms with E-state index in [9.17, 15) is 44.7 Å². The van der Waals surface area contributed by atoms with E-state index in [-0.39, 0.29) is 35.3 Å². The van der Waals surface area contributed by atoms with Crippen molar-refractivity contribution in [1.29, 1.82) is 0 Å². The van der Waals surface area contributed by atoms with Crippen molar-refractivity contribution in [2.24, 2.45) is 16.7 Å². The smallest absolute Gasteiger partial charge is 0.408 e. The molecule has 2 bridgehead atoms. The number of amides is 1. The van der Waals surface area contributed by atoms with Crippen LogP contribution in [0.2, 0.25) is 0 Å². The van der Waals surface area contributed by atoms with E-state index in [4.69, 9.17) is 23.7 Å². The number of hydrogen-bond donors (Lipinski definition) is 6. The van der Waals surface area contributed by atoms with Gasteiger partial charge in [-0.3, -0.25) is 9.59 Å². The first-order valence-electron chi connectivity index (χ1n) is 19.9. The maximum Gasteiger partial charge on any atom is 0.408 e. The number of carbonyl (C=O) groups is 5. The zero-order valence-electron chi connectivity index (χ0n) is 35.0. The van der Waals surface area contributed by atoms with Crippen molar-refractivity contribution < 1.29 is 73.2 Å². The van der Waals surface area contributed by atoms with E-state index in [2.05, 4.69) is 5.32 Å². The van der Waals surface area contributed by atoms with Crippen LogP contribution >= 0.6 is 0 Å². The van der Waals surface area contributed by atoms with Gasteiger partial charge in [-0.25, -0.2) is 14.4 Å². The summed E-state index contributed by atoms with van der Waals surface area (Å²) in [7, 11) is 0. The van der Waals surface area contributed by atoms with E-state index in [0.29, 0.717) is 0 Å². The molecule has 6 N–H and O–H groups in total. The van der Waals surface area contributed by atoms with Crippen molar-refractivity contribution in [3.63, 3.8) is 0 Å². The summed E-state index contributed by atoms with van der Waals surface area (Å²) in [5.74, 6) is -5.74. The van der Waals surface area contributed by atoms with Crippen molar-refractivity contribution in [2.75, 3.05) is 13.2 Å². The van der Waals surface area contributed by atoms with E-state index in [1.807, 2.05) is 0 Å². The van der Waals surface area contributed by atoms with Crippen LogP contribution in [0.15, 0.2) is 71.8 Å². The molecule has 0 spiro atoms. The second kappa shape index (κ2) is 15.6. The molecule has 0 radical (unpaired) electrons. The van der Waals surface area contributed by atoms with E-state index in [0.717, 1.165) is 6.92 Å². The summed E-state index contributed by atoms with van der Waals surface area (Å²) in [6.45, 7) is 10.2. The van der Waals surface area contributed by atoms with E-state index in [1.165, 1.54) is 52.0 Å². The van der Waals surface area contributed by atoms with Crippen LogP contribution in [-0.4, -0.2) is 121 Å². The number of alkyl carbamates (subject to hydrolysis) is 1. The number of ketones is 1. The van der Waals surface area contributed by atoms with Gasteiger partial charge < -0.3 is 54.5 Å². The van der Waals surface area contributed by atoms with Gasteiger partial charge in [0.2, 0.25) is 5.60 Å². The molecule has 2 aromatic carbocycles. The van der Waals surface area contributed by atoms with E-state index < -0.39 is 119 Å². The Morgan fingerprint density at radius 1 is 0.967 bits per heavy atom. The van der Waals surface area contributed by atoms with Crippen LogP contribution in [0.25, 0.3) is 0 Å². The fraction of sp³-hybridized carbons (Fsp3) is 0.568. The first-order valence-corrected chi connectivity index (χ1v) is 19.9. The second-order valence-corrected chi connectivity index (χ2v) is 18.1. The number of fused-ring (bicyclic) bond motifs is 5. The average Bonchev–Trinajstić information content (AvgIpc) is 3.17. The largest absolute Gasteiger partial charge is 0.455 e. The Bertz CT molecular complexity index is 2050. The van der Waals surface area contributed by atoms with Crippen molar-refractivity contribution in [1.82, 2.24) is 5.32 Å². The molecule has 60 heavy (non-hydrogen) atoms. The van der Waals surface area contributed by atoms with Crippen molar-refractivity contribution in [3.8, 4) is 0 Å². The lowest BCUT2D eigenvalue weighted by atomic mass is 9.44. The van der Waals surface area contributed by atoms with Crippen LogP contribution in [0.3, 0.4) is 0 Å². The highest BCUT2D eigenvalue weighted by molar-refractivity contribution is 5.94. The number of nitrogens with one attached hydrogen (secondary N) is 1. The molecule has 11 atom stereocenters. The number of aliphatic hydroxyl groups is 5. The molecule has 6 rings (SSSR count). The van der Waals surface area contributed by atoms with Gasteiger partial charge in [0.1, 0.15) is 35.6 Å². The Balaban J connectivity index is 1.52. The Kier molecular flexibility index (Phi) is 11.7. The van der Waals surface area contributed by atoms with Crippen LogP contribution in [0.4, 0.5) is 4.79 Å². The third kappa shape index (κ3) is 7.20. The molecule has 326 valence electrons. The molecule has 1 heterocycles.